The molecule has 0 aromatic carbocycles. The molecule has 11 heteroatoms. The van der Waals surface area contributed by atoms with Gasteiger partial charge in [-0.2, -0.15) is 0 Å². The van der Waals surface area contributed by atoms with Crippen molar-refractivity contribution in [2.75, 3.05) is 5.75 Å². The van der Waals surface area contributed by atoms with Gasteiger partial charge in [0.15, 0.2) is 5.76 Å². The lowest BCUT2D eigenvalue weighted by Gasteiger charge is -2.07. The van der Waals surface area contributed by atoms with Gasteiger partial charge >= 0.3 is 5.97 Å². The SMILES string of the molecule is CCS(=O)(=O)c1ncc(C(=O)O)n1Cc1cc(-c2ccc(Cl)s2)on1. The van der Waals surface area contributed by atoms with Crippen molar-refractivity contribution in [1.29, 1.82) is 0 Å². The first kappa shape index (κ1) is 17.6. The van der Waals surface area contributed by atoms with Crippen LogP contribution in [0.25, 0.3) is 10.6 Å². The molecular formula is C14H12ClN3O5S2. The second-order valence-corrected chi connectivity index (χ2v) is 8.89. The van der Waals surface area contributed by atoms with Crippen molar-refractivity contribution < 1.29 is 22.8 Å². The van der Waals surface area contributed by atoms with Crippen LogP contribution in [0.3, 0.4) is 0 Å². The van der Waals surface area contributed by atoms with Gasteiger partial charge in [-0.15, -0.1) is 11.3 Å². The Labute approximate surface area is 151 Å². The van der Waals surface area contributed by atoms with E-state index in [1.54, 1.807) is 18.2 Å². The van der Waals surface area contributed by atoms with Crippen LogP contribution in [-0.2, 0) is 16.4 Å². The first-order valence-corrected chi connectivity index (χ1v) is 9.89. The van der Waals surface area contributed by atoms with Crippen LogP contribution in [-0.4, -0.2) is 40.0 Å². The Kier molecular flexibility index (Phi) is 4.67. The zero-order valence-electron chi connectivity index (χ0n) is 12.8. The van der Waals surface area contributed by atoms with Crippen molar-refractivity contribution in [2.45, 2.75) is 18.6 Å². The lowest BCUT2D eigenvalue weighted by atomic mass is 10.3. The number of carboxylic acid groups (broad SMARTS) is 1. The molecule has 25 heavy (non-hydrogen) atoms. The fourth-order valence-corrected chi connectivity index (χ4v) is 4.13. The number of halogens is 1. The summed E-state index contributed by atoms with van der Waals surface area (Å²) in [7, 11) is -3.69. The Morgan fingerprint density at radius 2 is 2.20 bits per heavy atom. The van der Waals surface area contributed by atoms with E-state index in [4.69, 9.17) is 16.1 Å². The molecule has 1 N–H and O–H groups in total. The van der Waals surface area contributed by atoms with Gasteiger partial charge in [0.1, 0.15) is 11.4 Å². The van der Waals surface area contributed by atoms with E-state index in [9.17, 15) is 18.3 Å². The number of carboxylic acids is 1. The highest BCUT2D eigenvalue weighted by molar-refractivity contribution is 7.91. The summed E-state index contributed by atoms with van der Waals surface area (Å²) in [6.45, 7) is 1.36. The van der Waals surface area contributed by atoms with Crippen LogP contribution in [0.4, 0.5) is 0 Å². The van der Waals surface area contributed by atoms with Crippen molar-refractivity contribution >= 4 is 38.7 Å². The summed E-state index contributed by atoms with van der Waals surface area (Å²) in [6, 6.07) is 5.09. The predicted molar refractivity (Wildman–Crippen MR) is 90.8 cm³/mol. The van der Waals surface area contributed by atoms with Crippen molar-refractivity contribution in [3.63, 3.8) is 0 Å². The number of carbonyl (C=O) groups is 1. The Morgan fingerprint density at radius 3 is 2.80 bits per heavy atom. The van der Waals surface area contributed by atoms with Gasteiger partial charge in [-0.1, -0.05) is 23.7 Å². The summed E-state index contributed by atoms with van der Waals surface area (Å²) in [4.78, 5) is 15.9. The molecule has 0 saturated heterocycles. The zero-order valence-corrected chi connectivity index (χ0v) is 15.2. The van der Waals surface area contributed by atoms with Crippen LogP contribution in [0.2, 0.25) is 4.34 Å². The van der Waals surface area contributed by atoms with Crippen LogP contribution in [0.5, 0.6) is 0 Å². The smallest absolute Gasteiger partial charge is 0.354 e. The normalized spacial score (nSPS) is 11.8. The molecule has 8 nitrogen and oxygen atoms in total. The van der Waals surface area contributed by atoms with Crippen molar-refractivity contribution in [3.05, 3.63) is 40.1 Å². The van der Waals surface area contributed by atoms with Crippen LogP contribution in [0, 0.1) is 0 Å². The average molecular weight is 402 g/mol. The monoisotopic (exact) mass is 401 g/mol. The molecule has 3 heterocycles. The predicted octanol–water partition coefficient (Wildman–Crippen LogP) is 2.79. The number of thiophene rings is 1. The number of rotatable bonds is 6. The molecule has 0 radical (unpaired) electrons. The molecule has 0 saturated carbocycles. The molecule has 132 valence electrons. The highest BCUT2D eigenvalue weighted by Gasteiger charge is 2.25. The molecule has 0 atom stereocenters. The van der Waals surface area contributed by atoms with E-state index >= 15 is 0 Å². The summed E-state index contributed by atoms with van der Waals surface area (Å²) in [5.74, 6) is -1.01. The van der Waals surface area contributed by atoms with Gasteiger partial charge in [0.25, 0.3) is 0 Å². The second-order valence-electron chi connectivity index (χ2n) is 5.01. The largest absolute Gasteiger partial charge is 0.477 e. The highest BCUT2D eigenvalue weighted by Crippen LogP contribution is 2.31. The lowest BCUT2D eigenvalue weighted by molar-refractivity contribution is 0.0684. The number of nitrogens with zero attached hydrogens (tertiary/aromatic N) is 3. The molecule has 3 aromatic heterocycles. The Bertz CT molecular complexity index is 1030. The first-order valence-electron chi connectivity index (χ1n) is 7.04. The summed E-state index contributed by atoms with van der Waals surface area (Å²) >= 11 is 7.19. The average Bonchev–Trinajstić information content (AvgIpc) is 3.27. The van der Waals surface area contributed by atoms with E-state index in [-0.39, 0.29) is 23.1 Å². The third kappa shape index (κ3) is 3.46. The topological polar surface area (TPSA) is 115 Å². The van der Waals surface area contributed by atoms with Gasteiger partial charge in [-0.3, -0.25) is 0 Å². The Hall–Kier alpha value is -2.17. The van der Waals surface area contributed by atoms with E-state index < -0.39 is 15.8 Å². The number of sulfone groups is 1. The standard InChI is InChI=1S/C14H12ClN3O5S2/c1-2-25(21,22)14-16-6-9(13(19)20)18(14)7-8-5-10(23-17-8)11-3-4-12(15)24-11/h3-6H,2,7H2,1H3,(H,19,20). The fraction of sp³-hybridized carbons (Fsp3) is 0.214. The summed E-state index contributed by atoms with van der Waals surface area (Å²) in [5.41, 5.74) is 0.128. The number of hydrogen-bond acceptors (Lipinski definition) is 7. The van der Waals surface area contributed by atoms with E-state index in [0.29, 0.717) is 15.8 Å². The third-order valence-electron chi connectivity index (χ3n) is 3.39. The number of imidazole rings is 1. The number of aromatic nitrogens is 3. The summed E-state index contributed by atoms with van der Waals surface area (Å²) in [5, 5.41) is 12.8. The lowest BCUT2D eigenvalue weighted by Crippen LogP contribution is -2.17. The quantitative estimate of drug-likeness (QED) is 0.675. The van der Waals surface area contributed by atoms with Crippen LogP contribution < -0.4 is 0 Å². The van der Waals surface area contributed by atoms with E-state index in [2.05, 4.69) is 10.1 Å². The molecule has 0 amide bonds. The van der Waals surface area contributed by atoms with E-state index in [1.807, 2.05) is 0 Å². The molecule has 0 aliphatic rings. The second kappa shape index (κ2) is 6.62. The maximum absolute atomic E-state index is 12.1. The van der Waals surface area contributed by atoms with Gasteiger partial charge < -0.3 is 14.2 Å². The van der Waals surface area contributed by atoms with Crippen LogP contribution in [0.15, 0.2) is 34.1 Å². The first-order chi connectivity index (χ1) is 11.8. The Balaban J connectivity index is 1.99. The molecule has 0 fully saturated rings. The number of hydrogen-bond donors (Lipinski definition) is 1. The molecule has 0 unspecified atom stereocenters. The van der Waals surface area contributed by atoms with Crippen LogP contribution in [0.1, 0.15) is 23.1 Å². The van der Waals surface area contributed by atoms with Gasteiger partial charge in [0.05, 0.1) is 27.7 Å². The van der Waals surface area contributed by atoms with Gasteiger partial charge in [-0.05, 0) is 12.1 Å². The minimum atomic E-state index is -3.69. The molecule has 0 aliphatic carbocycles. The van der Waals surface area contributed by atoms with E-state index in [1.165, 1.54) is 18.3 Å². The summed E-state index contributed by atoms with van der Waals surface area (Å²) in [6.07, 6.45) is 1.02. The zero-order chi connectivity index (χ0) is 18.2. The molecule has 0 bridgehead atoms. The number of aromatic carboxylic acids is 1. The summed E-state index contributed by atoms with van der Waals surface area (Å²) < 4.78 is 31.2. The van der Waals surface area contributed by atoms with E-state index in [0.717, 1.165) is 15.6 Å². The third-order valence-corrected chi connectivity index (χ3v) is 6.28. The molecule has 0 spiro atoms. The molecule has 3 aromatic rings. The maximum Gasteiger partial charge on any atom is 0.354 e. The highest BCUT2D eigenvalue weighted by atomic mass is 35.5. The van der Waals surface area contributed by atoms with Gasteiger partial charge in [0, 0.05) is 6.07 Å². The minimum Gasteiger partial charge on any atom is -0.477 e. The van der Waals surface area contributed by atoms with Crippen molar-refractivity contribution in [1.82, 2.24) is 14.7 Å². The van der Waals surface area contributed by atoms with Crippen molar-refractivity contribution in [2.24, 2.45) is 0 Å². The van der Waals surface area contributed by atoms with Crippen molar-refractivity contribution in [3.8, 4) is 10.6 Å². The maximum atomic E-state index is 12.1. The fourth-order valence-electron chi connectivity index (χ4n) is 2.17. The molecule has 0 aliphatic heterocycles. The van der Waals surface area contributed by atoms with Gasteiger partial charge in [-0.25, -0.2) is 18.2 Å². The molecule has 3 rings (SSSR count). The van der Waals surface area contributed by atoms with Crippen LogP contribution >= 0.6 is 22.9 Å². The minimum absolute atomic E-state index is 0.0984. The molecular weight excluding hydrogens is 390 g/mol. The van der Waals surface area contributed by atoms with Gasteiger partial charge in [0.2, 0.25) is 15.0 Å². The Morgan fingerprint density at radius 1 is 1.44 bits per heavy atom.